The Morgan fingerprint density at radius 2 is 1.65 bits per heavy atom. The molecule has 0 spiro atoms. The van der Waals surface area contributed by atoms with E-state index in [1.54, 1.807) is 0 Å². The number of hydrogen-bond acceptors (Lipinski definition) is 3. The minimum absolute atomic E-state index is 0.193. The van der Waals surface area contributed by atoms with Gasteiger partial charge in [0.05, 0.1) is 0 Å². The molecule has 0 N–H and O–H groups in total. The van der Waals surface area contributed by atoms with Crippen LogP contribution in [0.3, 0.4) is 0 Å². The van der Waals surface area contributed by atoms with E-state index in [9.17, 15) is 21.6 Å². The van der Waals surface area contributed by atoms with Crippen molar-refractivity contribution in [2.24, 2.45) is 0 Å². The normalized spacial score (nSPS) is 18.0. The third-order valence-electron chi connectivity index (χ3n) is 4.07. The molecule has 1 aliphatic carbocycles. The molecule has 1 fully saturated rings. The Morgan fingerprint density at radius 1 is 1.09 bits per heavy atom. The van der Waals surface area contributed by atoms with Crippen molar-refractivity contribution in [3.63, 3.8) is 0 Å². The molecule has 8 heteroatoms. The average Bonchev–Trinajstić information content (AvgIpc) is 2.74. The SMILES string of the molecule is CN(C1CCCCCC1)S(=O)(=O)c1ccccc1OC(F)(F)F. The molecular formula is C15H20F3NO3S. The van der Waals surface area contributed by atoms with Crippen LogP contribution >= 0.6 is 0 Å². The minimum Gasteiger partial charge on any atom is -0.404 e. The van der Waals surface area contributed by atoms with E-state index in [4.69, 9.17) is 0 Å². The Balaban J connectivity index is 2.31. The van der Waals surface area contributed by atoms with E-state index in [2.05, 4.69) is 4.74 Å². The first-order valence-corrected chi connectivity index (χ1v) is 8.98. The molecule has 0 heterocycles. The number of alkyl halides is 3. The van der Waals surface area contributed by atoms with E-state index in [1.807, 2.05) is 0 Å². The van der Waals surface area contributed by atoms with Crippen molar-refractivity contribution in [3.8, 4) is 5.75 Å². The van der Waals surface area contributed by atoms with Crippen LogP contribution in [0.1, 0.15) is 38.5 Å². The molecule has 1 saturated carbocycles. The zero-order chi connectivity index (χ0) is 17.1. The predicted octanol–water partition coefficient (Wildman–Crippen LogP) is 3.93. The summed E-state index contributed by atoms with van der Waals surface area (Å²) >= 11 is 0. The number of nitrogens with zero attached hydrogens (tertiary/aromatic N) is 1. The van der Waals surface area contributed by atoms with Gasteiger partial charge in [0.15, 0.2) is 0 Å². The summed E-state index contributed by atoms with van der Waals surface area (Å²) in [5, 5.41) is 0. The van der Waals surface area contributed by atoms with E-state index in [0.717, 1.165) is 50.7 Å². The lowest BCUT2D eigenvalue weighted by atomic mass is 10.1. The molecule has 0 bridgehead atoms. The van der Waals surface area contributed by atoms with Crippen molar-refractivity contribution in [1.29, 1.82) is 0 Å². The molecule has 23 heavy (non-hydrogen) atoms. The third-order valence-corrected chi connectivity index (χ3v) is 6.02. The fourth-order valence-electron chi connectivity index (χ4n) is 2.85. The molecule has 0 radical (unpaired) electrons. The molecule has 0 atom stereocenters. The zero-order valence-corrected chi connectivity index (χ0v) is 13.7. The van der Waals surface area contributed by atoms with Gasteiger partial charge >= 0.3 is 6.36 Å². The average molecular weight is 351 g/mol. The maximum atomic E-state index is 12.7. The molecule has 0 unspecified atom stereocenters. The van der Waals surface area contributed by atoms with Crippen LogP contribution < -0.4 is 4.74 Å². The van der Waals surface area contributed by atoms with Crippen molar-refractivity contribution in [1.82, 2.24) is 4.31 Å². The predicted molar refractivity (Wildman–Crippen MR) is 79.6 cm³/mol. The molecule has 0 aromatic heterocycles. The Bertz CT molecular complexity index is 623. The van der Waals surface area contributed by atoms with Crippen LogP contribution in [0, 0.1) is 0 Å². The van der Waals surface area contributed by atoms with E-state index in [0.29, 0.717) is 0 Å². The first kappa shape index (κ1) is 18.1. The van der Waals surface area contributed by atoms with Crippen LogP contribution in [0.4, 0.5) is 13.2 Å². The lowest BCUT2D eigenvalue weighted by molar-refractivity contribution is -0.275. The fraction of sp³-hybridized carbons (Fsp3) is 0.600. The number of hydrogen-bond donors (Lipinski definition) is 0. The summed E-state index contributed by atoms with van der Waals surface area (Å²) in [6.07, 6.45) is 0.454. The summed E-state index contributed by atoms with van der Waals surface area (Å²) in [7, 11) is -2.62. The van der Waals surface area contributed by atoms with Gasteiger partial charge in [0.1, 0.15) is 10.6 Å². The number of benzene rings is 1. The van der Waals surface area contributed by atoms with Crippen LogP contribution in [0.2, 0.25) is 0 Å². The van der Waals surface area contributed by atoms with Crippen molar-refractivity contribution < 1.29 is 26.3 Å². The second-order valence-electron chi connectivity index (χ2n) is 5.66. The fourth-order valence-corrected chi connectivity index (χ4v) is 4.37. The molecule has 1 aromatic carbocycles. The Kier molecular flexibility index (Phi) is 5.57. The highest BCUT2D eigenvalue weighted by Crippen LogP contribution is 2.33. The maximum absolute atomic E-state index is 12.7. The van der Waals surface area contributed by atoms with Crippen LogP contribution in [0.25, 0.3) is 0 Å². The van der Waals surface area contributed by atoms with Gasteiger partial charge in [-0.3, -0.25) is 0 Å². The first-order valence-electron chi connectivity index (χ1n) is 7.54. The van der Waals surface area contributed by atoms with Gasteiger partial charge in [-0.1, -0.05) is 37.8 Å². The Morgan fingerprint density at radius 3 is 2.22 bits per heavy atom. The number of para-hydroxylation sites is 1. The number of halogens is 3. The summed E-state index contributed by atoms with van der Waals surface area (Å²) in [5.74, 6) is -0.694. The summed E-state index contributed by atoms with van der Waals surface area (Å²) in [6.45, 7) is 0. The summed E-state index contributed by atoms with van der Waals surface area (Å²) < 4.78 is 68.0. The molecule has 0 amide bonds. The largest absolute Gasteiger partial charge is 0.573 e. The lowest BCUT2D eigenvalue weighted by Crippen LogP contribution is -2.37. The highest BCUT2D eigenvalue weighted by Gasteiger charge is 2.36. The second kappa shape index (κ2) is 7.09. The monoisotopic (exact) mass is 351 g/mol. The number of rotatable bonds is 4. The maximum Gasteiger partial charge on any atom is 0.573 e. The van der Waals surface area contributed by atoms with Crippen molar-refractivity contribution in [3.05, 3.63) is 24.3 Å². The summed E-state index contributed by atoms with van der Waals surface area (Å²) in [4.78, 5) is -0.455. The lowest BCUT2D eigenvalue weighted by Gasteiger charge is -2.27. The highest BCUT2D eigenvalue weighted by molar-refractivity contribution is 7.89. The van der Waals surface area contributed by atoms with Gasteiger partial charge in [-0.2, -0.15) is 4.31 Å². The minimum atomic E-state index is -4.94. The second-order valence-corrected chi connectivity index (χ2v) is 7.63. The van der Waals surface area contributed by atoms with Gasteiger partial charge in [0.2, 0.25) is 10.0 Å². The zero-order valence-electron chi connectivity index (χ0n) is 12.8. The Labute approximate surface area is 134 Å². The molecule has 1 aliphatic rings. The molecule has 1 aromatic rings. The quantitative estimate of drug-likeness (QED) is 0.772. The van der Waals surface area contributed by atoms with Gasteiger partial charge < -0.3 is 4.74 Å². The van der Waals surface area contributed by atoms with Gasteiger partial charge in [0.25, 0.3) is 0 Å². The summed E-state index contributed by atoms with van der Waals surface area (Å²) in [6, 6.07) is 4.66. The van der Waals surface area contributed by atoms with Crippen molar-refractivity contribution >= 4 is 10.0 Å². The van der Waals surface area contributed by atoms with Crippen LogP contribution in [0.15, 0.2) is 29.2 Å². The van der Waals surface area contributed by atoms with Gasteiger partial charge in [-0.25, -0.2) is 8.42 Å². The Hall–Kier alpha value is -1.28. The number of ether oxygens (including phenoxy) is 1. The highest BCUT2D eigenvalue weighted by atomic mass is 32.2. The molecule has 2 rings (SSSR count). The van der Waals surface area contributed by atoms with E-state index in [-0.39, 0.29) is 6.04 Å². The molecule has 0 aliphatic heterocycles. The third kappa shape index (κ3) is 4.60. The van der Waals surface area contributed by atoms with Crippen LogP contribution in [-0.2, 0) is 10.0 Å². The van der Waals surface area contributed by atoms with Gasteiger partial charge in [-0.15, -0.1) is 13.2 Å². The van der Waals surface area contributed by atoms with Crippen LogP contribution in [-0.4, -0.2) is 32.2 Å². The van der Waals surface area contributed by atoms with E-state index >= 15 is 0 Å². The van der Waals surface area contributed by atoms with E-state index in [1.165, 1.54) is 23.5 Å². The molecule has 0 saturated heterocycles. The van der Waals surface area contributed by atoms with E-state index < -0.39 is 27.0 Å². The standard InChI is InChI=1S/C15H20F3NO3S/c1-19(12-8-4-2-3-5-9-12)23(20,21)14-11-7-6-10-13(14)22-15(16,17)18/h6-7,10-12H,2-5,8-9H2,1H3. The first-order chi connectivity index (χ1) is 10.7. The smallest absolute Gasteiger partial charge is 0.404 e. The van der Waals surface area contributed by atoms with Gasteiger partial charge in [0, 0.05) is 13.1 Å². The topological polar surface area (TPSA) is 46.6 Å². The van der Waals surface area contributed by atoms with Gasteiger partial charge in [-0.05, 0) is 25.0 Å². The molecule has 130 valence electrons. The van der Waals surface area contributed by atoms with Crippen LogP contribution in [0.5, 0.6) is 5.75 Å². The number of sulfonamides is 1. The molecular weight excluding hydrogens is 331 g/mol. The van der Waals surface area contributed by atoms with Crippen molar-refractivity contribution in [2.75, 3.05) is 7.05 Å². The summed E-state index contributed by atoms with van der Waals surface area (Å²) in [5.41, 5.74) is 0. The molecule has 4 nitrogen and oxygen atoms in total. The van der Waals surface area contributed by atoms with Crippen molar-refractivity contribution in [2.45, 2.75) is 55.8 Å².